The molecule has 1 heterocycles. The molecule has 0 amide bonds. The van der Waals surface area contributed by atoms with Gasteiger partial charge in [0.2, 0.25) is 0 Å². The monoisotopic (exact) mass is 360 g/mol. The third-order valence-corrected chi connectivity index (χ3v) is 5.55. The molecule has 0 bridgehead atoms. The molecule has 150 valence electrons. The van der Waals surface area contributed by atoms with E-state index in [0.29, 0.717) is 0 Å². The molecule has 1 aromatic rings. The number of pyridine rings is 1. The predicted molar refractivity (Wildman–Crippen MR) is 116 cm³/mol. The minimum absolute atomic E-state index is 1.19. The van der Waals surface area contributed by atoms with Crippen LogP contribution < -0.4 is 4.57 Å². The standard InChI is InChI=1S/C25H46N/c1-3-5-7-9-11-13-15-17-19-25-20-23-26(24-21-25)22-18-16-14-12-10-8-6-4-2/h20-21,23-24H,3-19,22H2,1-2H3/q+1. The molecule has 0 fully saturated rings. The zero-order chi connectivity index (χ0) is 18.7. The van der Waals surface area contributed by atoms with Crippen LogP contribution in [0.3, 0.4) is 0 Å². The first kappa shape index (κ1) is 23.2. The summed E-state index contributed by atoms with van der Waals surface area (Å²) in [6, 6.07) is 4.68. The second-order valence-electron chi connectivity index (χ2n) is 8.14. The first-order chi connectivity index (χ1) is 12.9. The van der Waals surface area contributed by atoms with Crippen molar-refractivity contribution in [2.45, 2.75) is 130 Å². The maximum atomic E-state index is 2.37. The highest BCUT2D eigenvalue weighted by Gasteiger charge is 2.01. The molecular weight excluding hydrogens is 314 g/mol. The lowest BCUT2D eigenvalue weighted by Crippen LogP contribution is -2.32. The van der Waals surface area contributed by atoms with Crippen LogP contribution in [0.15, 0.2) is 24.5 Å². The van der Waals surface area contributed by atoms with E-state index in [1.54, 1.807) is 0 Å². The van der Waals surface area contributed by atoms with Crippen molar-refractivity contribution in [3.8, 4) is 0 Å². The van der Waals surface area contributed by atoms with E-state index >= 15 is 0 Å². The van der Waals surface area contributed by atoms with Gasteiger partial charge in [-0.1, -0.05) is 97.3 Å². The van der Waals surface area contributed by atoms with Gasteiger partial charge >= 0.3 is 0 Å². The molecule has 0 saturated heterocycles. The predicted octanol–water partition coefficient (Wildman–Crippen LogP) is 7.80. The molecule has 0 radical (unpaired) electrons. The molecule has 1 nitrogen and oxygen atoms in total. The van der Waals surface area contributed by atoms with Crippen LogP contribution in [0, 0.1) is 0 Å². The first-order valence-electron chi connectivity index (χ1n) is 11.8. The van der Waals surface area contributed by atoms with Crippen molar-refractivity contribution in [1.29, 1.82) is 0 Å². The number of rotatable bonds is 18. The Balaban J connectivity index is 1.98. The Kier molecular flexibility index (Phi) is 15.7. The third-order valence-electron chi connectivity index (χ3n) is 5.55. The molecule has 0 aromatic carbocycles. The van der Waals surface area contributed by atoms with E-state index < -0.39 is 0 Å². The van der Waals surface area contributed by atoms with E-state index in [2.05, 4.69) is 42.9 Å². The van der Waals surface area contributed by atoms with Crippen molar-refractivity contribution in [3.63, 3.8) is 0 Å². The van der Waals surface area contributed by atoms with Crippen molar-refractivity contribution < 1.29 is 4.57 Å². The van der Waals surface area contributed by atoms with Crippen LogP contribution in [-0.2, 0) is 13.0 Å². The van der Waals surface area contributed by atoms with Crippen molar-refractivity contribution in [2.75, 3.05) is 0 Å². The summed E-state index contributed by atoms with van der Waals surface area (Å²) < 4.78 is 2.37. The highest BCUT2D eigenvalue weighted by Crippen LogP contribution is 2.11. The number of nitrogens with zero attached hydrogens (tertiary/aromatic N) is 1. The summed E-state index contributed by atoms with van der Waals surface area (Å²) in [5.41, 5.74) is 1.52. The van der Waals surface area contributed by atoms with Crippen LogP contribution in [0.1, 0.15) is 122 Å². The Morgan fingerprint density at radius 2 is 0.962 bits per heavy atom. The summed E-state index contributed by atoms with van der Waals surface area (Å²) in [7, 11) is 0. The number of unbranched alkanes of at least 4 members (excludes halogenated alkanes) is 14. The van der Waals surface area contributed by atoms with Gasteiger partial charge in [-0.05, 0) is 24.8 Å². The van der Waals surface area contributed by atoms with E-state index in [9.17, 15) is 0 Å². The summed E-state index contributed by atoms with van der Waals surface area (Å²) in [6.45, 7) is 5.77. The fraction of sp³-hybridized carbons (Fsp3) is 0.800. The fourth-order valence-corrected chi connectivity index (χ4v) is 3.70. The lowest BCUT2D eigenvalue weighted by molar-refractivity contribution is -0.697. The summed E-state index contributed by atoms with van der Waals surface area (Å²) in [6.07, 6.45) is 28.3. The normalized spacial score (nSPS) is 11.2. The van der Waals surface area contributed by atoms with E-state index in [-0.39, 0.29) is 0 Å². The van der Waals surface area contributed by atoms with Gasteiger partial charge < -0.3 is 0 Å². The topological polar surface area (TPSA) is 3.88 Å². The molecule has 0 spiro atoms. The van der Waals surface area contributed by atoms with Crippen LogP contribution in [-0.4, -0.2) is 0 Å². The molecule has 0 aliphatic heterocycles. The number of hydrogen-bond donors (Lipinski definition) is 0. The quantitative estimate of drug-likeness (QED) is 0.186. The molecule has 0 aliphatic rings. The van der Waals surface area contributed by atoms with Crippen LogP contribution in [0.5, 0.6) is 0 Å². The highest BCUT2D eigenvalue weighted by molar-refractivity contribution is 5.07. The number of aromatic nitrogens is 1. The molecule has 0 saturated carbocycles. The van der Waals surface area contributed by atoms with Gasteiger partial charge in [0.1, 0.15) is 6.54 Å². The smallest absolute Gasteiger partial charge is 0.169 e. The maximum Gasteiger partial charge on any atom is 0.169 e. The molecule has 26 heavy (non-hydrogen) atoms. The molecule has 1 aromatic heterocycles. The minimum atomic E-state index is 1.19. The van der Waals surface area contributed by atoms with Gasteiger partial charge in [-0.2, -0.15) is 0 Å². The van der Waals surface area contributed by atoms with Gasteiger partial charge in [-0.25, -0.2) is 4.57 Å². The molecule has 0 unspecified atom stereocenters. The SMILES string of the molecule is CCCCCCCCCCc1cc[n+](CCCCCCCCCC)cc1. The Morgan fingerprint density at radius 3 is 1.46 bits per heavy atom. The second-order valence-corrected chi connectivity index (χ2v) is 8.14. The van der Waals surface area contributed by atoms with Crippen LogP contribution in [0.4, 0.5) is 0 Å². The van der Waals surface area contributed by atoms with E-state index in [1.165, 1.54) is 121 Å². The summed E-state index contributed by atoms with van der Waals surface area (Å²) in [5, 5.41) is 0. The van der Waals surface area contributed by atoms with E-state index in [4.69, 9.17) is 0 Å². The molecule has 1 rings (SSSR count). The van der Waals surface area contributed by atoms with Crippen LogP contribution >= 0.6 is 0 Å². The highest BCUT2D eigenvalue weighted by atomic mass is 14.9. The van der Waals surface area contributed by atoms with Crippen molar-refractivity contribution in [2.24, 2.45) is 0 Å². The third kappa shape index (κ3) is 13.4. The van der Waals surface area contributed by atoms with Crippen molar-refractivity contribution >= 4 is 0 Å². The van der Waals surface area contributed by atoms with E-state index in [1.807, 2.05) is 0 Å². The van der Waals surface area contributed by atoms with Gasteiger partial charge in [-0.3, -0.25) is 0 Å². The molecule has 0 N–H and O–H groups in total. The minimum Gasteiger partial charge on any atom is -0.205 e. The Bertz CT molecular complexity index is 356. The fourth-order valence-electron chi connectivity index (χ4n) is 3.70. The lowest BCUT2D eigenvalue weighted by atomic mass is 10.0. The average molecular weight is 361 g/mol. The van der Waals surface area contributed by atoms with Crippen LogP contribution in [0.2, 0.25) is 0 Å². The summed E-state index contributed by atoms with van der Waals surface area (Å²) in [4.78, 5) is 0. The van der Waals surface area contributed by atoms with E-state index in [0.717, 1.165) is 0 Å². The molecule has 1 heteroatoms. The average Bonchev–Trinajstić information content (AvgIpc) is 2.67. The molecular formula is C25H46N+. The lowest BCUT2D eigenvalue weighted by Gasteiger charge is -2.03. The van der Waals surface area contributed by atoms with Gasteiger partial charge in [0.25, 0.3) is 0 Å². The van der Waals surface area contributed by atoms with Gasteiger partial charge in [0.15, 0.2) is 12.4 Å². The van der Waals surface area contributed by atoms with Gasteiger partial charge in [0, 0.05) is 18.6 Å². The molecule has 0 atom stereocenters. The zero-order valence-corrected chi connectivity index (χ0v) is 18.0. The first-order valence-corrected chi connectivity index (χ1v) is 11.8. The Hall–Kier alpha value is -0.850. The van der Waals surface area contributed by atoms with Crippen LogP contribution in [0.25, 0.3) is 0 Å². The summed E-state index contributed by atoms with van der Waals surface area (Å²) >= 11 is 0. The Morgan fingerprint density at radius 1 is 0.538 bits per heavy atom. The number of hydrogen-bond acceptors (Lipinski definition) is 0. The number of aryl methyl sites for hydroxylation is 2. The maximum absolute atomic E-state index is 2.37. The van der Waals surface area contributed by atoms with Gasteiger partial charge in [0.05, 0.1) is 0 Å². The summed E-state index contributed by atoms with van der Waals surface area (Å²) in [5.74, 6) is 0. The largest absolute Gasteiger partial charge is 0.205 e. The Labute approximate surface area is 164 Å². The second kappa shape index (κ2) is 17.6. The zero-order valence-electron chi connectivity index (χ0n) is 18.0. The van der Waals surface area contributed by atoms with Crippen molar-refractivity contribution in [3.05, 3.63) is 30.1 Å². The van der Waals surface area contributed by atoms with Crippen molar-refractivity contribution in [1.82, 2.24) is 0 Å². The molecule has 0 aliphatic carbocycles. The van der Waals surface area contributed by atoms with Gasteiger partial charge in [-0.15, -0.1) is 0 Å².